The van der Waals surface area contributed by atoms with Crippen LogP contribution in [0.5, 0.6) is 0 Å². The molecular weight excluding hydrogens is 316 g/mol. The van der Waals surface area contributed by atoms with E-state index in [1.165, 1.54) is 24.1 Å². The van der Waals surface area contributed by atoms with Crippen molar-refractivity contribution in [2.45, 2.75) is 71.9 Å². The molecule has 0 spiro atoms. The summed E-state index contributed by atoms with van der Waals surface area (Å²) < 4.78 is 5.54. The van der Waals surface area contributed by atoms with Crippen LogP contribution in [0, 0.1) is 6.92 Å². The number of rotatable bonds is 1. The number of fused-ring (bicyclic) bond motifs is 1. The molecular formula is C19H30N4O2. The molecule has 1 fully saturated rings. The quantitative estimate of drug-likeness (QED) is 0.782. The standard InChI is InChI=1S/C19H30N4O2/c1-13-12-22(10-11-23(13)18(24)25-19(3,4)5)17-15-8-6-7-9-16(15)20-14(2)21-17/h13H,6-12H2,1-5H3. The Bertz CT molecular complexity index is 654. The minimum atomic E-state index is -0.462. The summed E-state index contributed by atoms with van der Waals surface area (Å²) >= 11 is 0. The molecule has 138 valence electrons. The van der Waals surface area contributed by atoms with Crippen LogP contribution < -0.4 is 4.90 Å². The van der Waals surface area contributed by atoms with Crippen LogP contribution in [0.25, 0.3) is 0 Å². The summed E-state index contributed by atoms with van der Waals surface area (Å²) in [7, 11) is 0. The number of amides is 1. The molecule has 3 rings (SSSR count). The van der Waals surface area contributed by atoms with E-state index in [1.54, 1.807) is 0 Å². The second-order valence-electron chi connectivity index (χ2n) is 8.20. The van der Waals surface area contributed by atoms with Crippen LogP contribution in [0.2, 0.25) is 0 Å². The Hall–Kier alpha value is -1.85. The molecule has 1 aromatic rings. The molecule has 1 unspecified atom stereocenters. The maximum Gasteiger partial charge on any atom is 0.410 e. The smallest absolute Gasteiger partial charge is 0.410 e. The van der Waals surface area contributed by atoms with Crippen molar-refractivity contribution in [3.05, 3.63) is 17.1 Å². The highest BCUT2D eigenvalue weighted by molar-refractivity contribution is 5.69. The number of ether oxygens (including phenoxy) is 1. The molecule has 6 heteroatoms. The number of aromatic nitrogens is 2. The average molecular weight is 346 g/mol. The lowest BCUT2D eigenvalue weighted by atomic mass is 9.95. The highest BCUT2D eigenvalue weighted by Gasteiger charge is 2.32. The summed E-state index contributed by atoms with van der Waals surface area (Å²) in [5.41, 5.74) is 2.07. The maximum atomic E-state index is 12.4. The molecule has 1 saturated heterocycles. The Morgan fingerprint density at radius 2 is 1.88 bits per heavy atom. The van der Waals surface area contributed by atoms with Gasteiger partial charge in [0.15, 0.2) is 0 Å². The maximum absolute atomic E-state index is 12.4. The van der Waals surface area contributed by atoms with Crippen molar-refractivity contribution in [1.82, 2.24) is 14.9 Å². The number of hydrogen-bond donors (Lipinski definition) is 0. The second kappa shape index (κ2) is 6.81. The molecule has 2 heterocycles. The minimum absolute atomic E-state index is 0.0955. The summed E-state index contributed by atoms with van der Waals surface area (Å²) in [4.78, 5) is 26.0. The third kappa shape index (κ3) is 4.05. The van der Waals surface area contributed by atoms with Crippen LogP contribution in [-0.2, 0) is 17.6 Å². The first-order valence-corrected chi connectivity index (χ1v) is 9.35. The second-order valence-corrected chi connectivity index (χ2v) is 8.20. The van der Waals surface area contributed by atoms with Gasteiger partial charge in [-0.1, -0.05) is 0 Å². The van der Waals surface area contributed by atoms with Gasteiger partial charge < -0.3 is 14.5 Å². The number of nitrogens with zero attached hydrogens (tertiary/aromatic N) is 4. The zero-order valence-electron chi connectivity index (χ0n) is 16.1. The minimum Gasteiger partial charge on any atom is -0.444 e. The van der Waals surface area contributed by atoms with Gasteiger partial charge in [0.1, 0.15) is 17.2 Å². The van der Waals surface area contributed by atoms with Crippen LogP contribution >= 0.6 is 0 Å². The highest BCUT2D eigenvalue weighted by atomic mass is 16.6. The van der Waals surface area contributed by atoms with Crippen molar-refractivity contribution < 1.29 is 9.53 Å². The molecule has 1 atom stereocenters. The van der Waals surface area contributed by atoms with Crippen molar-refractivity contribution in [3.63, 3.8) is 0 Å². The van der Waals surface area contributed by atoms with E-state index in [2.05, 4.69) is 16.8 Å². The zero-order chi connectivity index (χ0) is 18.2. The normalized spacial score (nSPS) is 21.1. The predicted molar refractivity (Wildman–Crippen MR) is 98.0 cm³/mol. The van der Waals surface area contributed by atoms with Crippen molar-refractivity contribution in [2.24, 2.45) is 0 Å². The molecule has 0 bridgehead atoms. The first-order valence-electron chi connectivity index (χ1n) is 9.35. The van der Waals surface area contributed by atoms with Crippen LogP contribution in [0.1, 0.15) is 57.6 Å². The molecule has 25 heavy (non-hydrogen) atoms. The van der Waals surface area contributed by atoms with Gasteiger partial charge in [0.25, 0.3) is 0 Å². The van der Waals surface area contributed by atoms with Crippen molar-refractivity contribution >= 4 is 11.9 Å². The van der Waals surface area contributed by atoms with Gasteiger partial charge in [-0.2, -0.15) is 0 Å². The largest absolute Gasteiger partial charge is 0.444 e. The summed E-state index contributed by atoms with van der Waals surface area (Å²) in [5.74, 6) is 1.93. The van der Waals surface area contributed by atoms with E-state index in [4.69, 9.17) is 9.72 Å². The van der Waals surface area contributed by atoms with Crippen molar-refractivity contribution in [3.8, 4) is 0 Å². The number of carbonyl (C=O) groups is 1. The first kappa shape index (κ1) is 18.0. The molecule has 0 aromatic carbocycles. The van der Waals surface area contributed by atoms with E-state index in [9.17, 15) is 4.79 Å². The molecule has 2 aliphatic rings. The fraction of sp³-hybridized carbons (Fsp3) is 0.737. The number of hydrogen-bond acceptors (Lipinski definition) is 5. The Balaban J connectivity index is 1.75. The molecule has 1 aliphatic carbocycles. The fourth-order valence-corrected chi connectivity index (χ4v) is 3.70. The Labute approximate surface area is 150 Å². The van der Waals surface area contributed by atoms with Gasteiger partial charge in [-0.05, 0) is 60.3 Å². The lowest BCUT2D eigenvalue weighted by Gasteiger charge is -2.41. The van der Waals surface area contributed by atoms with E-state index >= 15 is 0 Å². The van der Waals surface area contributed by atoms with Gasteiger partial charge in [-0.25, -0.2) is 14.8 Å². The monoisotopic (exact) mass is 346 g/mol. The number of carbonyl (C=O) groups excluding carboxylic acids is 1. The molecule has 6 nitrogen and oxygen atoms in total. The SMILES string of the molecule is Cc1nc2c(c(N3CCN(C(=O)OC(C)(C)C)C(C)C3)n1)CCCC2. The van der Waals surface area contributed by atoms with E-state index in [1.807, 2.05) is 32.6 Å². The van der Waals surface area contributed by atoms with E-state index < -0.39 is 5.60 Å². The number of piperazine rings is 1. The lowest BCUT2D eigenvalue weighted by molar-refractivity contribution is 0.0158. The molecule has 1 aromatic heterocycles. The van der Waals surface area contributed by atoms with Crippen LogP contribution in [-0.4, -0.2) is 52.2 Å². The molecule has 0 saturated carbocycles. The first-order chi connectivity index (χ1) is 11.7. The van der Waals surface area contributed by atoms with Crippen LogP contribution in [0.4, 0.5) is 10.6 Å². The highest BCUT2D eigenvalue weighted by Crippen LogP contribution is 2.29. The van der Waals surface area contributed by atoms with Gasteiger partial charge in [0.2, 0.25) is 0 Å². The molecule has 1 aliphatic heterocycles. The van der Waals surface area contributed by atoms with Crippen molar-refractivity contribution in [1.29, 1.82) is 0 Å². The molecule has 0 radical (unpaired) electrons. The van der Waals surface area contributed by atoms with Gasteiger partial charge in [0, 0.05) is 36.9 Å². The number of anilines is 1. The molecule has 1 amide bonds. The zero-order valence-corrected chi connectivity index (χ0v) is 16.1. The summed E-state index contributed by atoms with van der Waals surface area (Å²) in [6.07, 6.45) is 4.32. The van der Waals surface area contributed by atoms with Crippen molar-refractivity contribution in [2.75, 3.05) is 24.5 Å². The fourth-order valence-electron chi connectivity index (χ4n) is 3.70. The van der Waals surface area contributed by atoms with E-state index in [0.717, 1.165) is 37.6 Å². The van der Waals surface area contributed by atoms with Gasteiger partial charge in [-0.3, -0.25) is 0 Å². The number of aryl methyl sites for hydroxylation is 2. The summed E-state index contributed by atoms with van der Waals surface area (Å²) in [5, 5.41) is 0. The Morgan fingerprint density at radius 3 is 2.56 bits per heavy atom. The molecule has 0 N–H and O–H groups in total. The van der Waals surface area contributed by atoms with E-state index in [0.29, 0.717) is 6.54 Å². The average Bonchev–Trinajstić information content (AvgIpc) is 2.52. The Morgan fingerprint density at radius 1 is 1.16 bits per heavy atom. The van der Waals surface area contributed by atoms with Gasteiger partial charge in [-0.15, -0.1) is 0 Å². The van der Waals surface area contributed by atoms with E-state index in [-0.39, 0.29) is 12.1 Å². The third-order valence-electron chi connectivity index (χ3n) is 4.83. The van der Waals surface area contributed by atoms with Crippen LogP contribution in [0.3, 0.4) is 0 Å². The predicted octanol–water partition coefficient (Wildman–Crippen LogP) is 3.11. The third-order valence-corrected chi connectivity index (χ3v) is 4.83. The van der Waals surface area contributed by atoms with Crippen LogP contribution in [0.15, 0.2) is 0 Å². The van der Waals surface area contributed by atoms with Gasteiger partial charge >= 0.3 is 6.09 Å². The lowest BCUT2D eigenvalue weighted by Crippen LogP contribution is -2.55. The summed E-state index contributed by atoms with van der Waals surface area (Å²) in [6.45, 7) is 12.0. The van der Waals surface area contributed by atoms with Gasteiger partial charge in [0.05, 0.1) is 0 Å². The Kier molecular flexibility index (Phi) is 4.89. The topological polar surface area (TPSA) is 58.6 Å². The summed E-state index contributed by atoms with van der Waals surface area (Å²) in [6, 6.07) is 0.0955.